The zero-order valence-corrected chi connectivity index (χ0v) is 10.7. The van der Waals surface area contributed by atoms with Crippen LogP contribution in [0.15, 0.2) is 35.3 Å². The molecular weight excluding hydrogens is 262 g/mol. The topological polar surface area (TPSA) is 104 Å². The molecule has 0 aliphatic carbocycles. The van der Waals surface area contributed by atoms with Crippen molar-refractivity contribution in [1.82, 2.24) is 9.78 Å². The Kier molecular flexibility index (Phi) is 3.69. The molecule has 3 N–H and O–H groups in total. The van der Waals surface area contributed by atoms with Crippen LogP contribution in [0.4, 0.5) is 5.69 Å². The number of anilines is 1. The minimum absolute atomic E-state index is 0.0970. The molecule has 20 heavy (non-hydrogen) atoms. The standard InChI is InChI=1S/C13H13N3O4/c1-2-11(17)14-8-3-5-9(6-4-8)16-7-10(13(19)20)12(18)15-16/h3-7H,2H2,1H3,(H,14,17)(H,15,18)(H,19,20). The largest absolute Gasteiger partial charge is 0.477 e. The second-order valence-electron chi connectivity index (χ2n) is 4.11. The van der Waals surface area contributed by atoms with Crippen molar-refractivity contribution in [3.63, 3.8) is 0 Å². The van der Waals surface area contributed by atoms with Gasteiger partial charge >= 0.3 is 5.97 Å². The maximum absolute atomic E-state index is 11.4. The number of carboxylic acids is 1. The molecule has 2 rings (SSSR count). The van der Waals surface area contributed by atoms with E-state index in [1.165, 1.54) is 10.9 Å². The molecule has 104 valence electrons. The molecule has 0 aliphatic heterocycles. The van der Waals surface area contributed by atoms with Crippen molar-refractivity contribution in [2.75, 3.05) is 5.32 Å². The fraction of sp³-hybridized carbons (Fsp3) is 0.154. The number of nitrogens with one attached hydrogen (secondary N) is 2. The smallest absolute Gasteiger partial charge is 0.342 e. The van der Waals surface area contributed by atoms with Crippen LogP contribution >= 0.6 is 0 Å². The van der Waals surface area contributed by atoms with Crippen molar-refractivity contribution in [2.45, 2.75) is 13.3 Å². The summed E-state index contributed by atoms with van der Waals surface area (Å²) in [6, 6.07) is 6.66. The van der Waals surface area contributed by atoms with Crippen LogP contribution in [0, 0.1) is 0 Å². The number of carbonyl (C=O) groups is 2. The maximum Gasteiger partial charge on any atom is 0.342 e. The summed E-state index contributed by atoms with van der Waals surface area (Å²) in [7, 11) is 0. The number of carbonyl (C=O) groups excluding carboxylic acids is 1. The predicted molar refractivity (Wildman–Crippen MR) is 72.3 cm³/mol. The quantitative estimate of drug-likeness (QED) is 0.780. The third-order valence-electron chi connectivity index (χ3n) is 2.71. The number of hydrogen-bond donors (Lipinski definition) is 3. The molecule has 0 radical (unpaired) electrons. The van der Waals surface area contributed by atoms with Gasteiger partial charge < -0.3 is 10.4 Å². The lowest BCUT2D eigenvalue weighted by Gasteiger charge is -2.05. The third-order valence-corrected chi connectivity index (χ3v) is 2.71. The first-order valence-corrected chi connectivity index (χ1v) is 5.96. The number of benzene rings is 1. The van der Waals surface area contributed by atoms with Crippen molar-refractivity contribution in [3.05, 3.63) is 46.4 Å². The number of amides is 1. The molecule has 0 fully saturated rings. The number of H-pyrrole nitrogens is 1. The van der Waals surface area contributed by atoms with Gasteiger partial charge in [0.25, 0.3) is 5.56 Å². The molecule has 0 unspecified atom stereocenters. The minimum Gasteiger partial charge on any atom is -0.477 e. The van der Waals surface area contributed by atoms with E-state index in [2.05, 4.69) is 10.4 Å². The molecule has 2 aromatic rings. The van der Waals surface area contributed by atoms with Crippen LogP contribution in [0.2, 0.25) is 0 Å². The van der Waals surface area contributed by atoms with Gasteiger partial charge in [0.2, 0.25) is 5.91 Å². The molecule has 1 aromatic carbocycles. The summed E-state index contributed by atoms with van der Waals surface area (Å²) in [5.41, 5.74) is 0.229. The van der Waals surface area contributed by atoms with Gasteiger partial charge in [-0.25, -0.2) is 4.79 Å². The Morgan fingerprint density at radius 1 is 1.30 bits per heavy atom. The first-order valence-electron chi connectivity index (χ1n) is 5.96. The summed E-state index contributed by atoms with van der Waals surface area (Å²) in [6.07, 6.45) is 1.60. The number of hydrogen-bond acceptors (Lipinski definition) is 3. The van der Waals surface area contributed by atoms with Gasteiger partial charge in [-0.1, -0.05) is 6.92 Å². The third kappa shape index (κ3) is 2.77. The van der Waals surface area contributed by atoms with E-state index in [-0.39, 0.29) is 11.5 Å². The zero-order valence-electron chi connectivity index (χ0n) is 10.7. The number of nitrogens with zero attached hydrogens (tertiary/aromatic N) is 1. The van der Waals surface area contributed by atoms with Crippen molar-refractivity contribution >= 4 is 17.6 Å². The van der Waals surface area contributed by atoms with Crippen molar-refractivity contribution in [2.24, 2.45) is 0 Å². The molecule has 7 heteroatoms. The van der Waals surface area contributed by atoms with Crippen LogP contribution in [0.25, 0.3) is 5.69 Å². The van der Waals surface area contributed by atoms with E-state index < -0.39 is 11.5 Å². The number of carboxylic acid groups (broad SMARTS) is 1. The molecule has 1 aromatic heterocycles. The molecule has 0 saturated carbocycles. The van der Waals surface area contributed by atoms with E-state index >= 15 is 0 Å². The molecule has 0 aliphatic rings. The lowest BCUT2D eigenvalue weighted by atomic mass is 10.2. The van der Waals surface area contributed by atoms with Crippen LogP contribution < -0.4 is 10.9 Å². The predicted octanol–water partition coefficient (Wildman–Crippen LogP) is 1.21. The maximum atomic E-state index is 11.4. The van der Waals surface area contributed by atoms with Gasteiger partial charge in [0, 0.05) is 18.3 Å². The Balaban J connectivity index is 2.26. The summed E-state index contributed by atoms with van der Waals surface area (Å²) < 4.78 is 1.32. The Morgan fingerprint density at radius 2 is 1.95 bits per heavy atom. The lowest BCUT2D eigenvalue weighted by Crippen LogP contribution is -2.11. The van der Waals surface area contributed by atoms with Crippen LogP contribution in [-0.2, 0) is 4.79 Å². The second-order valence-corrected chi connectivity index (χ2v) is 4.11. The normalized spacial score (nSPS) is 10.2. The number of aromatic nitrogens is 2. The molecule has 1 amide bonds. The van der Waals surface area contributed by atoms with Crippen molar-refractivity contribution < 1.29 is 14.7 Å². The van der Waals surface area contributed by atoms with E-state index in [1.54, 1.807) is 31.2 Å². The number of aromatic carboxylic acids is 1. The fourth-order valence-electron chi connectivity index (χ4n) is 1.64. The average Bonchev–Trinajstić information content (AvgIpc) is 2.81. The van der Waals surface area contributed by atoms with Gasteiger partial charge in [0.1, 0.15) is 5.56 Å². The number of rotatable bonds is 4. The highest BCUT2D eigenvalue weighted by atomic mass is 16.4. The molecule has 0 saturated heterocycles. The molecule has 0 spiro atoms. The van der Waals surface area contributed by atoms with Crippen LogP contribution in [0.1, 0.15) is 23.7 Å². The average molecular weight is 275 g/mol. The van der Waals surface area contributed by atoms with Crippen molar-refractivity contribution in [1.29, 1.82) is 0 Å². The zero-order chi connectivity index (χ0) is 14.7. The number of aromatic amines is 1. The van der Waals surface area contributed by atoms with Gasteiger partial charge in [-0.05, 0) is 24.3 Å². The van der Waals surface area contributed by atoms with Crippen LogP contribution in [-0.4, -0.2) is 26.8 Å². The van der Waals surface area contributed by atoms with Gasteiger partial charge in [-0.2, -0.15) is 0 Å². The summed E-state index contributed by atoms with van der Waals surface area (Å²) in [5, 5.41) is 13.9. The summed E-state index contributed by atoms with van der Waals surface area (Å²) >= 11 is 0. The van der Waals surface area contributed by atoms with Gasteiger partial charge in [-0.15, -0.1) is 0 Å². The van der Waals surface area contributed by atoms with E-state index in [1.807, 2.05) is 0 Å². The molecule has 7 nitrogen and oxygen atoms in total. The fourth-order valence-corrected chi connectivity index (χ4v) is 1.64. The van der Waals surface area contributed by atoms with E-state index in [0.29, 0.717) is 17.8 Å². The molecule has 0 bridgehead atoms. The SMILES string of the molecule is CCC(=O)Nc1ccc(-n2cc(C(=O)O)c(=O)[nH]2)cc1. The molecular formula is C13H13N3O4. The summed E-state index contributed by atoms with van der Waals surface area (Å²) in [6.45, 7) is 1.75. The molecule has 1 heterocycles. The second kappa shape index (κ2) is 5.43. The monoisotopic (exact) mass is 275 g/mol. The van der Waals surface area contributed by atoms with E-state index in [0.717, 1.165) is 0 Å². The summed E-state index contributed by atoms with van der Waals surface area (Å²) in [5.74, 6) is -1.38. The van der Waals surface area contributed by atoms with E-state index in [4.69, 9.17) is 5.11 Å². The van der Waals surface area contributed by atoms with Gasteiger partial charge in [-0.3, -0.25) is 19.4 Å². The minimum atomic E-state index is -1.28. The highest BCUT2D eigenvalue weighted by Gasteiger charge is 2.12. The molecule has 0 atom stereocenters. The van der Waals surface area contributed by atoms with Gasteiger partial charge in [0.05, 0.1) is 5.69 Å². The Labute approximate surface area is 113 Å². The van der Waals surface area contributed by atoms with Crippen LogP contribution in [0.3, 0.4) is 0 Å². The van der Waals surface area contributed by atoms with Crippen LogP contribution in [0.5, 0.6) is 0 Å². The van der Waals surface area contributed by atoms with E-state index in [9.17, 15) is 14.4 Å². The Bertz CT molecular complexity index is 697. The highest BCUT2D eigenvalue weighted by molar-refractivity contribution is 5.90. The summed E-state index contributed by atoms with van der Waals surface area (Å²) in [4.78, 5) is 33.4. The lowest BCUT2D eigenvalue weighted by molar-refractivity contribution is -0.115. The first kappa shape index (κ1) is 13.6. The van der Waals surface area contributed by atoms with Crippen molar-refractivity contribution in [3.8, 4) is 5.69 Å². The Morgan fingerprint density at radius 3 is 2.45 bits per heavy atom. The first-order chi connectivity index (χ1) is 9.51. The highest BCUT2D eigenvalue weighted by Crippen LogP contribution is 2.12. The van der Waals surface area contributed by atoms with Gasteiger partial charge in [0.15, 0.2) is 0 Å². The Hall–Kier alpha value is -2.83.